The van der Waals surface area contributed by atoms with Gasteiger partial charge in [0.25, 0.3) is 0 Å². The quantitative estimate of drug-likeness (QED) is 0.488. The molecule has 0 heterocycles. The Hall–Kier alpha value is -1.41. The zero-order valence-corrected chi connectivity index (χ0v) is 20.0. The van der Waals surface area contributed by atoms with Crippen molar-refractivity contribution in [1.82, 2.24) is 0 Å². The van der Waals surface area contributed by atoms with E-state index < -0.39 is 0 Å². The molecular formula is C29H40O2. The van der Waals surface area contributed by atoms with Crippen molar-refractivity contribution in [2.24, 2.45) is 34.5 Å². The summed E-state index contributed by atoms with van der Waals surface area (Å²) in [5, 5.41) is 0. The number of hydrogen-bond acceptors (Lipinski definition) is 2. The highest BCUT2D eigenvalue weighted by Gasteiger charge is 2.59. The average molecular weight is 421 g/mol. The van der Waals surface area contributed by atoms with Crippen molar-refractivity contribution >= 4 is 5.78 Å². The Labute approximate surface area is 188 Å². The van der Waals surface area contributed by atoms with Crippen LogP contribution in [0.25, 0.3) is 0 Å². The first-order chi connectivity index (χ1) is 14.8. The second-order valence-electron chi connectivity index (χ2n) is 11.7. The molecule has 4 aliphatic rings. The molecule has 0 bridgehead atoms. The van der Waals surface area contributed by atoms with Gasteiger partial charge in [0.2, 0.25) is 0 Å². The van der Waals surface area contributed by atoms with Gasteiger partial charge < -0.3 is 4.74 Å². The third-order valence-electron chi connectivity index (χ3n) is 10.2. The maximum absolute atomic E-state index is 12.3. The molecule has 168 valence electrons. The lowest BCUT2D eigenvalue weighted by Gasteiger charge is -2.58. The predicted octanol–water partition coefficient (Wildman–Crippen LogP) is 7.05. The summed E-state index contributed by atoms with van der Waals surface area (Å²) in [6.07, 6.45) is 12.7. The Morgan fingerprint density at radius 1 is 1.03 bits per heavy atom. The maximum atomic E-state index is 12.3. The lowest BCUT2D eigenvalue weighted by Crippen LogP contribution is -2.51. The number of ether oxygens (including phenoxy) is 1. The number of benzene rings is 1. The van der Waals surface area contributed by atoms with E-state index in [1.54, 1.807) is 5.57 Å². The summed E-state index contributed by atoms with van der Waals surface area (Å²) in [6, 6.07) is 8.75. The van der Waals surface area contributed by atoms with E-state index >= 15 is 0 Å². The van der Waals surface area contributed by atoms with Crippen LogP contribution >= 0.6 is 0 Å². The van der Waals surface area contributed by atoms with Crippen LogP contribution < -0.4 is 0 Å². The number of allylic oxidation sites excluding steroid dienone is 1. The molecule has 2 nitrogen and oxygen atoms in total. The van der Waals surface area contributed by atoms with Gasteiger partial charge in [0.05, 0.1) is 12.7 Å². The van der Waals surface area contributed by atoms with Crippen LogP contribution in [0.5, 0.6) is 0 Å². The van der Waals surface area contributed by atoms with E-state index in [1.807, 2.05) is 6.92 Å². The van der Waals surface area contributed by atoms with Crippen molar-refractivity contribution in [3.63, 3.8) is 0 Å². The minimum Gasteiger partial charge on any atom is -0.373 e. The van der Waals surface area contributed by atoms with E-state index in [2.05, 4.69) is 51.1 Å². The van der Waals surface area contributed by atoms with Crippen molar-refractivity contribution in [2.45, 2.75) is 91.8 Å². The van der Waals surface area contributed by atoms with Gasteiger partial charge in [0, 0.05) is 5.92 Å². The van der Waals surface area contributed by atoms with Crippen LogP contribution in [0.2, 0.25) is 0 Å². The molecule has 4 aliphatic carbocycles. The molecule has 0 spiro atoms. The third-order valence-corrected chi connectivity index (χ3v) is 10.2. The Balaban J connectivity index is 1.29. The van der Waals surface area contributed by atoms with Gasteiger partial charge in [0.15, 0.2) is 0 Å². The molecule has 3 fully saturated rings. The van der Waals surface area contributed by atoms with Crippen molar-refractivity contribution < 1.29 is 9.53 Å². The van der Waals surface area contributed by atoms with Gasteiger partial charge in [-0.05, 0) is 99.4 Å². The topological polar surface area (TPSA) is 26.3 Å². The molecule has 1 aromatic carbocycles. The Morgan fingerprint density at radius 3 is 2.55 bits per heavy atom. The third kappa shape index (κ3) is 3.54. The van der Waals surface area contributed by atoms with Gasteiger partial charge in [-0.1, -0.05) is 55.3 Å². The normalized spacial score (nSPS) is 41.7. The lowest BCUT2D eigenvalue weighted by molar-refractivity contribution is -0.127. The molecule has 3 saturated carbocycles. The second kappa shape index (κ2) is 7.87. The fraction of sp³-hybridized carbons (Fsp3) is 0.690. The lowest BCUT2D eigenvalue weighted by atomic mass is 9.47. The molecule has 3 unspecified atom stereocenters. The molecular weight excluding hydrogens is 380 g/mol. The molecule has 1 aromatic rings. The maximum Gasteiger partial charge on any atom is 0.133 e. The fourth-order valence-electron chi connectivity index (χ4n) is 8.34. The number of rotatable bonds is 4. The van der Waals surface area contributed by atoms with E-state index in [0.717, 1.165) is 37.2 Å². The number of Topliss-reactive ketones (excluding diaryl/α,β-unsaturated/α-hetero) is 1. The number of aryl methyl sites for hydroxylation is 1. The molecule has 0 N–H and O–H groups in total. The second-order valence-corrected chi connectivity index (χ2v) is 11.7. The smallest absolute Gasteiger partial charge is 0.133 e. The van der Waals surface area contributed by atoms with Crippen molar-refractivity contribution in [1.29, 1.82) is 0 Å². The van der Waals surface area contributed by atoms with Crippen LogP contribution in [0.1, 0.15) is 83.3 Å². The van der Waals surface area contributed by atoms with Gasteiger partial charge in [-0.15, -0.1) is 0 Å². The number of ketones is 1. The number of hydrogen-bond donors (Lipinski definition) is 0. The Morgan fingerprint density at radius 2 is 1.81 bits per heavy atom. The fourth-order valence-corrected chi connectivity index (χ4v) is 8.34. The molecule has 5 rings (SSSR count). The molecule has 2 heteroatoms. The van der Waals surface area contributed by atoms with Crippen LogP contribution in [0.15, 0.2) is 35.9 Å². The van der Waals surface area contributed by atoms with Crippen LogP contribution in [0.3, 0.4) is 0 Å². The van der Waals surface area contributed by atoms with Crippen LogP contribution in [-0.4, -0.2) is 11.9 Å². The SMILES string of the molecule is CC(=O)[C@H]1CCC2C3CC=C4C[C@@H](OCc5ccc(C)cc5)CC[C@]4(C)C3CC[C@@]21C. The van der Waals surface area contributed by atoms with Crippen LogP contribution in [0.4, 0.5) is 0 Å². The molecule has 0 saturated heterocycles. The van der Waals surface area contributed by atoms with Crippen molar-refractivity contribution in [3.8, 4) is 0 Å². The summed E-state index contributed by atoms with van der Waals surface area (Å²) in [7, 11) is 0. The van der Waals surface area contributed by atoms with Gasteiger partial charge >= 0.3 is 0 Å². The summed E-state index contributed by atoms with van der Waals surface area (Å²) in [6.45, 7) is 9.71. The van der Waals surface area contributed by atoms with Gasteiger partial charge in [-0.2, -0.15) is 0 Å². The van der Waals surface area contributed by atoms with Crippen molar-refractivity contribution in [3.05, 3.63) is 47.0 Å². The minimum atomic E-state index is 0.253. The molecule has 31 heavy (non-hydrogen) atoms. The zero-order valence-electron chi connectivity index (χ0n) is 20.0. The van der Waals surface area contributed by atoms with E-state index in [4.69, 9.17) is 4.74 Å². The standard InChI is InChI=1S/C29H40O2/c1-19-5-7-21(8-6-19)18-31-23-13-15-28(3)22(17-23)9-10-24-26-12-11-25(20(2)30)29(26,4)16-14-27(24)28/h5-9,23-27H,10-18H2,1-4H3/t23-,24?,25+,26?,27?,28-,29+/m0/s1. The van der Waals surface area contributed by atoms with Crippen LogP contribution in [-0.2, 0) is 16.1 Å². The average Bonchev–Trinajstić information content (AvgIpc) is 3.11. The first kappa shape index (κ1) is 21.4. The summed E-state index contributed by atoms with van der Waals surface area (Å²) >= 11 is 0. The van der Waals surface area contributed by atoms with Crippen molar-refractivity contribution in [2.75, 3.05) is 0 Å². The summed E-state index contributed by atoms with van der Waals surface area (Å²) in [4.78, 5) is 12.3. The van der Waals surface area contributed by atoms with E-state index in [1.165, 1.54) is 49.7 Å². The van der Waals surface area contributed by atoms with Gasteiger partial charge in [0.1, 0.15) is 5.78 Å². The highest BCUT2D eigenvalue weighted by Crippen LogP contribution is 2.66. The molecule has 7 atom stereocenters. The van der Waals surface area contributed by atoms with Crippen LogP contribution in [0, 0.1) is 41.4 Å². The van der Waals surface area contributed by atoms with Gasteiger partial charge in [-0.25, -0.2) is 0 Å². The molecule has 0 aromatic heterocycles. The number of fused-ring (bicyclic) bond motifs is 5. The molecule has 0 aliphatic heterocycles. The summed E-state index contributed by atoms with van der Waals surface area (Å²) in [5.41, 5.74) is 4.87. The van der Waals surface area contributed by atoms with E-state index in [0.29, 0.717) is 23.2 Å². The largest absolute Gasteiger partial charge is 0.373 e. The monoisotopic (exact) mass is 420 g/mol. The number of carbonyl (C=O) groups excluding carboxylic acids is 1. The molecule has 0 radical (unpaired) electrons. The summed E-state index contributed by atoms with van der Waals surface area (Å²) < 4.78 is 6.39. The predicted molar refractivity (Wildman–Crippen MR) is 126 cm³/mol. The highest BCUT2D eigenvalue weighted by atomic mass is 16.5. The minimum absolute atomic E-state index is 0.253. The Kier molecular flexibility index (Phi) is 5.44. The van der Waals surface area contributed by atoms with Gasteiger partial charge in [-0.3, -0.25) is 4.79 Å². The first-order valence-corrected chi connectivity index (χ1v) is 12.7. The summed E-state index contributed by atoms with van der Waals surface area (Å²) in [5.74, 6) is 3.07. The first-order valence-electron chi connectivity index (χ1n) is 12.7. The van der Waals surface area contributed by atoms with E-state index in [-0.39, 0.29) is 5.41 Å². The zero-order chi connectivity index (χ0) is 21.8. The van der Waals surface area contributed by atoms with E-state index in [9.17, 15) is 4.79 Å². The Bertz CT molecular complexity index is 867. The number of carbonyl (C=O) groups is 1. The highest BCUT2D eigenvalue weighted by molar-refractivity contribution is 5.79. The molecule has 0 amide bonds.